The van der Waals surface area contributed by atoms with Gasteiger partial charge in [0.2, 0.25) is 0 Å². The molecule has 0 fully saturated rings. The molecule has 2 aromatic heterocycles. The van der Waals surface area contributed by atoms with E-state index in [4.69, 9.17) is 4.74 Å². The lowest BCUT2D eigenvalue weighted by Gasteiger charge is -2.11. The second-order valence-corrected chi connectivity index (χ2v) is 5.03. The molecular formula is C16H26N6O. The normalized spacial score (nSPS) is 11.8. The summed E-state index contributed by atoms with van der Waals surface area (Å²) in [6.07, 6.45) is 3.78. The number of aryl methyl sites for hydroxylation is 1. The molecule has 2 N–H and O–H groups in total. The summed E-state index contributed by atoms with van der Waals surface area (Å²) in [5.41, 5.74) is 0.886. The summed E-state index contributed by atoms with van der Waals surface area (Å²) in [7, 11) is 0. The number of nitrogens with one attached hydrogen (secondary N) is 2. The molecule has 0 aliphatic heterocycles. The number of guanidine groups is 1. The number of aliphatic imine (C=N–C) groups is 1. The Morgan fingerprint density at radius 3 is 3.00 bits per heavy atom. The molecule has 0 aliphatic carbocycles. The summed E-state index contributed by atoms with van der Waals surface area (Å²) >= 11 is 0. The zero-order chi connectivity index (χ0) is 16.3. The summed E-state index contributed by atoms with van der Waals surface area (Å²) in [5.74, 6) is 1.81. The Hall–Kier alpha value is -2.15. The SMILES string of the molecule is CCNC(=NCCCc1nnc2ccccn12)NCCOCC. The van der Waals surface area contributed by atoms with Crippen molar-refractivity contribution in [1.29, 1.82) is 0 Å². The van der Waals surface area contributed by atoms with Crippen LogP contribution in [0.3, 0.4) is 0 Å². The van der Waals surface area contributed by atoms with Crippen LogP contribution in [-0.4, -0.2) is 53.4 Å². The molecule has 0 amide bonds. The highest BCUT2D eigenvalue weighted by Gasteiger charge is 2.03. The van der Waals surface area contributed by atoms with E-state index in [2.05, 4.69) is 32.7 Å². The van der Waals surface area contributed by atoms with Crippen LogP contribution in [0.15, 0.2) is 29.4 Å². The summed E-state index contributed by atoms with van der Waals surface area (Å²) in [5, 5.41) is 14.9. The van der Waals surface area contributed by atoms with Gasteiger partial charge in [-0.25, -0.2) is 0 Å². The molecule has 0 atom stereocenters. The number of aromatic nitrogens is 3. The summed E-state index contributed by atoms with van der Waals surface area (Å²) in [6.45, 7) is 7.82. The monoisotopic (exact) mass is 318 g/mol. The van der Waals surface area contributed by atoms with E-state index in [1.165, 1.54) is 0 Å². The van der Waals surface area contributed by atoms with Gasteiger partial charge in [0, 0.05) is 38.9 Å². The molecule has 0 saturated carbocycles. The predicted octanol–water partition coefficient (Wildman–Crippen LogP) is 1.25. The molecule has 126 valence electrons. The van der Waals surface area contributed by atoms with Crippen molar-refractivity contribution < 1.29 is 4.74 Å². The fourth-order valence-electron chi connectivity index (χ4n) is 2.22. The van der Waals surface area contributed by atoms with Crippen molar-refractivity contribution in [3.8, 4) is 0 Å². The predicted molar refractivity (Wildman–Crippen MR) is 91.8 cm³/mol. The van der Waals surface area contributed by atoms with Crippen LogP contribution >= 0.6 is 0 Å². The van der Waals surface area contributed by atoms with Gasteiger partial charge in [-0.15, -0.1) is 10.2 Å². The molecule has 2 aromatic rings. The minimum Gasteiger partial charge on any atom is -0.380 e. The van der Waals surface area contributed by atoms with Crippen LogP contribution in [0.25, 0.3) is 5.65 Å². The van der Waals surface area contributed by atoms with E-state index in [1.807, 2.05) is 35.7 Å². The third-order valence-electron chi connectivity index (χ3n) is 3.30. The Labute approximate surface area is 137 Å². The van der Waals surface area contributed by atoms with Crippen LogP contribution in [0.2, 0.25) is 0 Å². The van der Waals surface area contributed by atoms with Gasteiger partial charge in [-0.3, -0.25) is 9.39 Å². The second-order valence-electron chi connectivity index (χ2n) is 5.03. The molecule has 0 aliphatic rings. The Bertz CT molecular complexity index is 609. The summed E-state index contributed by atoms with van der Waals surface area (Å²) in [6, 6.07) is 5.92. The lowest BCUT2D eigenvalue weighted by molar-refractivity contribution is 0.152. The molecular weight excluding hydrogens is 292 g/mol. The zero-order valence-electron chi connectivity index (χ0n) is 14.0. The second kappa shape index (κ2) is 9.78. The lowest BCUT2D eigenvalue weighted by Crippen LogP contribution is -2.39. The largest absolute Gasteiger partial charge is 0.380 e. The molecule has 0 aromatic carbocycles. The highest BCUT2D eigenvalue weighted by molar-refractivity contribution is 5.79. The van der Waals surface area contributed by atoms with Crippen molar-refractivity contribution in [3.05, 3.63) is 30.2 Å². The number of nitrogens with zero attached hydrogens (tertiary/aromatic N) is 4. The number of pyridine rings is 1. The number of ether oxygens (including phenoxy) is 1. The fourth-order valence-corrected chi connectivity index (χ4v) is 2.22. The molecule has 2 heterocycles. The highest BCUT2D eigenvalue weighted by Crippen LogP contribution is 2.04. The third kappa shape index (κ3) is 5.52. The van der Waals surface area contributed by atoms with Crippen molar-refractivity contribution in [3.63, 3.8) is 0 Å². The van der Waals surface area contributed by atoms with E-state index in [1.54, 1.807) is 0 Å². The quantitative estimate of drug-likeness (QED) is 0.413. The maximum Gasteiger partial charge on any atom is 0.191 e. The van der Waals surface area contributed by atoms with Crippen molar-refractivity contribution >= 4 is 11.6 Å². The molecule has 7 heteroatoms. The van der Waals surface area contributed by atoms with E-state index in [0.29, 0.717) is 6.61 Å². The van der Waals surface area contributed by atoms with Gasteiger partial charge in [0.05, 0.1) is 6.61 Å². The molecule has 0 saturated heterocycles. The van der Waals surface area contributed by atoms with Crippen LogP contribution in [0.4, 0.5) is 0 Å². The first-order valence-corrected chi connectivity index (χ1v) is 8.23. The number of hydrogen-bond donors (Lipinski definition) is 2. The Morgan fingerprint density at radius 2 is 2.17 bits per heavy atom. The van der Waals surface area contributed by atoms with Crippen LogP contribution in [-0.2, 0) is 11.2 Å². The minimum atomic E-state index is 0.687. The maximum absolute atomic E-state index is 5.31. The Kier molecular flexibility index (Phi) is 7.32. The summed E-state index contributed by atoms with van der Waals surface area (Å²) < 4.78 is 7.34. The zero-order valence-corrected chi connectivity index (χ0v) is 14.0. The van der Waals surface area contributed by atoms with Crippen molar-refractivity contribution in [2.24, 2.45) is 4.99 Å². The highest BCUT2D eigenvalue weighted by atomic mass is 16.5. The van der Waals surface area contributed by atoms with Crippen LogP contribution in [0, 0.1) is 0 Å². The Balaban J connectivity index is 1.78. The van der Waals surface area contributed by atoms with E-state index >= 15 is 0 Å². The number of rotatable bonds is 9. The van der Waals surface area contributed by atoms with E-state index in [9.17, 15) is 0 Å². The molecule has 0 bridgehead atoms. The topological polar surface area (TPSA) is 75.8 Å². The van der Waals surface area contributed by atoms with Crippen LogP contribution in [0.5, 0.6) is 0 Å². The van der Waals surface area contributed by atoms with Gasteiger partial charge in [0.25, 0.3) is 0 Å². The van der Waals surface area contributed by atoms with Crippen molar-refractivity contribution in [1.82, 2.24) is 25.2 Å². The fraction of sp³-hybridized carbons (Fsp3) is 0.562. The molecule has 23 heavy (non-hydrogen) atoms. The first-order chi connectivity index (χ1) is 11.3. The van der Waals surface area contributed by atoms with Crippen LogP contribution in [0.1, 0.15) is 26.1 Å². The molecule has 0 spiro atoms. The first kappa shape index (κ1) is 17.2. The van der Waals surface area contributed by atoms with Crippen LogP contribution < -0.4 is 10.6 Å². The average Bonchev–Trinajstić information content (AvgIpc) is 2.98. The molecule has 7 nitrogen and oxygen atoms in total. The van der Waals surface area contributed by atoms with E-state index in [0.717, 1.165) is 56.5 Å². The lowest BCUT2D eigenvalue weighted by atomic mass is 10.3. The average molecular weight is 318 g/mol. The van der Waals surface area contributed by atoms with Crippen molar-refractivity contribution in [2.45, 2.75) is 26.7 Å². The van der Waals surface area contributed by atoms with Gasteiger partial charge in [-0.05, 0) is 32.4 Å². The van der Waals surface area contributed by atoms with Gasteiger partial charge >= 0.3 is 0 Å². The van der Waals surface area contributed by atoms with Crippen molar-refractivity contribution in [2.75, 3.05) is 32.8 Å². The Morgan fingerprint density at radius 1 is 1.26 bits per heavy atom. The minimum absolute atomic E-state index is 0.687. The molecule has 0 radical (unpaired) electrons. The smallest absolute Gasteiger partial charge is 0.191 e. The number of fused-ring (bicyclic) bond motifs is 1. The van der Waals surface area contributed by atoms with Gasteiger partial charge in [0.1, 0.15) is 5.82 Å². The number of hydrogen-bond acceptors (Lipinski definition) is 4. The summed E-state index contributed by atoms with van der Waals surface area (Å²) in [4.78, 5) is 4.57. The maximum atomic E-state index is 5.31. The van der Waals surface area contributed by atoms with Gasteiger partial charge < -0.3 is 15.4 Å². The van der Waals surface area contributed by atoms with E-state index < -0.39 is 0 Å². The van der Waals surface area contributed by atoms with Gasteiger partial charge in [-0.1, -0.05) is 6.07 Å². The first-order valence-electron chi connectivity index (χ1n) is 8.23. The third-order valence-corrected chi connectivity index (χ3v) is 3.30. The molecule has 2 rings (SSSR count). The molecule has 0 unspecified atom stereocenters. The van der Waals surface area contributed by atoms with Gasteiger partial charge in [-0.2, -0.15) is 0 Å². The van der Waals surface area contributed by atoms with Gasteiger partial charge in [0.15, 0.2) is 11.6 Å². The van der Waals surface area contributed by atoms with E-state index in [-0.39, 0.29) is 0 Å². The standard InChI is InChI=1S/C16H26N6O/c1-3-17-16(19-11-13-23-4-2)18-10-7-9-15-21-20-14-8-5-6-12-22(14)15/h5-6,8,12H,3-4,7,9-11,13H2,1-2H3,(H2,17,18,19).